The van der Waals surface area contributed by atoms with Crippen molar-refractivity contribution in [2.75, 3.05) is 12.3 Å². The Kier molecular flexibility index (Phi) is 7.46. The van der Waals surface area contributed by atoms with E-state index in [9.17, 15) is 10.2 Å². The fourth-order valence-corrected chi connectivity index (χ4v) is 7.94. The SMILES string of the molecule is CC(C)(C)c1ccc2[nH]c(CC[C@H]3C[C@H](C(NC[C@H]4C[C@@H](n5ccc6c(N)ncnc65)[C@H](O)[C@@H]4O)C4CCC4)C3)nc2c1. The summed E-state index contributed by atoms with van der Waals surface area (Å²) in [5, 5.41) is 26.8. The highest BCUT2D eigenvalue weighted by atomic mass is 16.3. The van der Waals surface area contributed by atoms with Gasteiger partial charge in [0.2, 0.25) is 0 Å². The highest BCUT2D eigenvalue weighted by Crippen LogP contribution is 2.45. The molecule has 1 unspecified atom stereocenters. The largest absolute Gasteiger partial charge is 0.390 e. The molecule has 9 heteroatoms. The average molecular weight is 586 g/mol. The van der Waals surface area contributed by atoms with Gasteiger partial charge in [0, 0.05) is 31.1 Å². The third-order valence-electron chi connectivity index (χ3n) is 10.9. The number of nitrogens with two attached hydrogens (primary N) is 1. The number of aromatic amines is 1. The zero-order chi connectivity index (χ0) is 29.9. The molecule has 0 aliphatic heterocycles. The van der Waals surface area contributed by atoms with Crippen molar-refractivity contribution in [3.8, 4) is 0 Å². The number of nitrogens with one attached hydrogen (secondary N) is 2. The monoisotopic (exact) mass is 585 g/mol. The number of rotatable bonds is 9. The Morgan fingerprint density at radius 3 is 2.63 bits per heavy atom. The van der Waals surface area contributed by atoms with Gasteiger partial charge in [0.25, 0.3) is 0 Å². The Bertz CT molecular complexity index is 1580. The molecule has 0 saturated heterocycles. The van der Waals surface area contributed by atoms with Crippen LogP contribution in [-0.2, 0) is 11.8 Å². The summed E-state index contributed by atoms with van der Waals surface area (Å²) >= 11 is 0. The number of fused-ring (bicyclic) bond motifs is 2. The summed E-state index contributed by atoms with van der Waals surface area (Å²) in [4.78, 5) is 17.0. The van der Waals surface area contributed by atoms with Crippen LogP contribution in [0.2, 0.25) is 0 Å². The molecule has 0 radical (unpaired) electrons. The van der Waals surface area contributed by atoms with E-state index in [1.54, 1.807) is 0 Å². The first kappa shape index (κ1) is 28.7. The van der Waals surface area contributed by atoms with Crippen molar-refractivity contribution in [1.82, 2.24) is 29.8 Å². The quantitative estimate of drug-likeness (QED) is 0.189. The number of hydrogen-bond donors (Lipinski definition) is 5. The number of H-pyrrole nitrogens is 1. The molecule has 7 rings (SSSR count). The molecule has 3 aromatic heterocycles. The van der Waals surface area contributed by atoms with Crippen LogP contribution >= 0.6 is 0 Å². The number of imidazole rings is 1. The summed E-state index contributed by atoms with van der Waals surface area (Å²) in [6.07, 6.45) is 11.1. The average Bonchev–Trinajstić information content (AvgIpc) is 3.60. The van der Waals surface area contributed by atoms with Crippen LogP contribution in [-0.4, -0.2) is 59.5 Å². The van der Waals surface area contributed by atoms with Crippen molar-refractivity contribution in [2.45, 2.75) is 102 Å². The van der Waals surface area contributed by atoms with Gasteiger partial charge in [-0.15, -0.1) is 0 Å². The van der Waals surface area contributed by atoms with Gasteiger partial charge in [-0.1, -0.05) is 33.3 Å². The number of nitrogens with zero attached hydrogens (tertiary/aromatic N) is 4. The highest BCUT2D eigenvalue weighted by Gasteiger charge is 2.45. The van der Waals surface area contributed by atoms with Gasteiger partial charge in [0.1, 0.15) is 29.7 Å². The van der Waals surface area contributed by atoms with Crippen LogP contribution in [0.3, 0.4) is 0 Å². The predicted octanol–water partition coefficient (Wildman–Crippen LogP) is 4.89. The van der Waals surface area contributed by atoms with Gasteiger partial charge in [-0.25, -0.2) is 15.0 Å². The van der Waals surface area contributed by atoms with E-state index < -0.39 is 12.2 Å². The maximum absolute atomic E-state index is 11.0. The topological polar surface area (TPSA) is 138 Å². The molecule has 3 heterocycles. The van der Waals surface area contributed by atoms with E-state index in [4.69, 9.17) is 10.7 Å². The van der Waals surface area contributed by atoms with Gasteiger partial charge in [0.15, 0.2) is 0 Å². The first-order chi connectivity index (χ1) is 20.7. The van der Waals surface area contributed by atoms with Gasteiger partial charge in [-0.2, -0.15) is 0 Å². The van der Waals surface area contributed by atoms with Crippen molar-refractivity contribution >= 4 is 27.9 Å². The molecule has 6 N–H and O–H groups in total. The summed E-state index contributed by atoms with van der Waals surface area (Å²) in [5.74, 6) is 3.68. The first-order valence-electron chi connectivity index (χ1n) is 16.3. The maximum Gasteiger partial charge on any atom is 0.145 e. The second-order valence-corrected chi connectivity index (χ2v) is 14.7. The fraction of sp³-hybridized carbons (Fsp3) is 0.618. The van der Waals surface area contributed by atoms with Crippen LogP contribution in [0.5, 0.6) is 0 Å². The Balaban J connectivity index is 0.941. The molecule has 3 aliphatic carbocycles. The maximum atomic E-state index is 11.0. The third kappa shape index (κ3) is 5.44. The summed E-state index contributed by atoms with van der Waals surface area (Å²) in [6.45, 7) is 7.46. The second-order valence-electron chi connectivity index (χ2n) is 14.7. The standard InChI is InChI=1S/C34H47N7O2/c1-34(2,3)23-8-9-25-26(16-23)40-28(39-25)10-7-19-13-21(14-19)29(20-5-4-6-20)36-17-22-15-27(31(43)30(22)42)41-12-11-24-32(35)37-18-38-33(24)41/h8-9,11-12,16,18-22,27,29-31,36,42-43H,4-7,10,13-15,17H2,1-3H3,(H,39,40)(H2,35,37,38)/t19-,21-,22-,27-,29?,30-,31+/m1/s1. The number of aryl methyl sites for hydroxylation is 1. The van der Waals surface area contributed by atoms with Crippen molar-refractivity contribution in [3.05, 3.63) is 48.2 Å². The minimum absolute atomic E-state index is 0.0121. The summed E-state index contributed by atoms with van der Waals surface area (Å²) in [5.41, 5.74) is 10.4. The van der Waals surface area contributed by atoms with Crippen LogP contribution in [0.4, 0.5) is 5.82 Å². The van der Waals surface area contributed by atoms with E-state index in [0.29, 0.717) is 29.8 Å². The molecule has 43 heavy (non-hydrogen) atoms. The van der Waals surface area contributed by atoms with Gasteiger partial charge < -0.3 is 30.8 Å². The molecule has 0 amide bonds. The van der Waals surface area contributed by atoms with Crippen LogP contribution < -0.4 is 11.1 Å². The van der Waals surface area contributed by atoms with Crippen LogP contribution in [0.15, 0.2) is 36.8 Å². The molecular weight excluding hydrogens is 538 g/mol. The lowest BCUT2D eigenvalue weighted by atomic mass is 9.63. The molecule has 230 valence electrons. The third-order valence-corrected chi connectivity index (χ3v) is 10.9. The number of aliphatic hydroxyl groups is 2. The van der Waals surface area contributed by atoms with Gasteiger partial charge in [-0.3, -0.25) is 0 Å². The van der Waals surface area contributed by atoms with Crippen molar-refractivity contribution < 1.29 is 10.2 Å². The summed E-state index contributed by atoms with van der Waals surface area (Å²) < 4.78 is 1.96. The normalized spacial score (nSPS) is 28.8. The van der Waals surface area contributed by atoms with E-state index in [1.165, 1.54) is 50.4 Å². The van der Waals surface area contributed by atoms with Gasteiger partial charge in [-0.05, 0) is 85.5 Å². The van der Waals surface area contributed by atoms with Crippen LogP contribution in [0.1, 0.15) is 83.1 Å². The lowest BCUT2D eigenvalue weighted by molar-refractivity contribution is 0.00353. The zero-order valence-electron chi connectivity index (χ0n) is 25.7. The van der Waals surface area contributed by atoms with E-state index >= 15 is 0 Å². The van der Waals surface area contributed by atoms with Gasteiger partial charge >= 0.3 is 0 Å². The van der Waals surface area contributed by atoms with Crippen molar-refractivity contribution in [2.24, 2.45) is 23.7 Å². The van der Waals surface area contributed by atoms with E-state index in [1.807, 2.05) is 16.8 Å². The summed E-state index contributed by atoms with van der Waals surface area (Å²) in [6, 6.07) is 8.78. The molecule has 9 nitrogen and oxygen atoms in total. The van der Waals surface area contributed by atoms with E-state index in [-0.39, 0.29) is 17.4 Å². The summed E-state index contributed by atoms with van der Waals surface area (Å²) in [7, 11) is 0. The van der Waals surface area contributed by atoms with E-state index in [0.717, 1.165) is 47.0 Å². The van der Waals surface area contributed by atoms with E-state index in [2.05, 4.69) is 59.2 Å². The van der Waals surface area contributed by atoms with Crippen LogP contribution in [0, 0.1) is 23.7 Å². The second kappa shape index (κ2) is 11.2. The number of benzene rings is 1. The molecule has 0 bridgehead atoms. The minimum atomic E-state index is -0.841. The molecule has 3 fully saturated rings. The number of hydrogen-bond acceptors (Lipinski definition) is 7. The Morgan fingerprint density at radius 2 is 1.88 bits per heavy atom. The van der Waals surface area contributed by atoms with Crippen molar-refractivity contribution in [1.29, 1.82) is 0 Å². The van der Waals surface area contributed by atoms with Gasteiger partial charge in [0.05, 0.1) is 28.6 Å². The Hall–Kier alpha value is -3.01. The van der Waals surface area contributed by atoms with Crippen molar-refractivity contribution in [3.63, 3.8) is 0 Å². The minimum Gasteiger partial charge on any atom is -0.390 e. The molecule has 3 aliphatic rings. The highest BCUT2D eigenvalue weighted by molar-refractivity contribution is 5.86. The van der Waals surface area contributed by atoms with Crippen LogP contribution in [0.25, 0.3) is 22.1 Å². The molecular formula is C34H47N7O2. The lowest BCUT2D eigenvalue weighted by Crippen LogP contribution is -2.51. The Morgan fingerprint density at radius 1 is 1.07 bits per heavy atom. The molecule has 4 aromatic rings. The predicted molar refractivity (Wildman–Crippen MR) is 170 cm³/mol. The molecule has 1 aromatic carbocycles. The first-order valence-corrected chi connectivity index (χ1v) is 16.3. The number of anilines is 1. The molecule has 0 spiro atoms. The number of aromatic nitrogens is 5. The smallest absolute Gasteiger partial charge is 0.145 e. The molecule has 3 saturated carbocycles. The number of nitrogen functional groups attached to an aromatic ring is 1. The lowest BCUT2D eigenvalue weighted by Gasteiger charge is -2.47. The Labute approximate surface area is 253 Å². The zero-order valence-corrected chi connectivity index (χ0v) is 25.7. The fourth-order valence-electron chi connectivity index (χ4n) is 7.94. The number of aliphatic hydroxyl groups excluding tert-OH is 2. The molecule has 5 atom stereocenters.